The summed E-state index contributed by atoms with van der Waals surface area (Å²) in [7, 11) is 0. The standard InChI is InChI=1S/C13H14FN5O2/c1-9(20)16-12-7-19(18-17-12)8-13(21)15-6-10-2-4-11(14)5-3-10/h2-5,7H,6,8H2,1H3,(H,15,21)(H,16,20). The number of hydrogen-bond donors (Lipinski definition) is 2. The largest absolute Gasteiger partial charge is 0.350 e. The molecule has 0 spiro atoms. The van der Waals surface area contributed by atoms with E-state index in [-0.39, 0.29) is 30.0 Å². The van der Waals surface area contributed by atoms with E-state index in [1.807, 2.05) is 0 Å². The van der Waals surface area contributed by atoms with Gasteiger partial charge < -0.3 is 10.6 Å². The molecule has 0 aliphatic carbocycles. The number of anilines is 1. The molecule has 1 aromatic carbocycles. The number of hydrogen-bond acceptors (Lipinski definition) is 4. The Labute approximate surface area is 120 Å². The smallest absolute Gasteiger partial charge is 0.242 e. The molecule has 1 aromatic heterocycles. The third kappa shape index (κ3) is 4.68. The van der Waals surface area contributed by atoms with Crippen molar-refractivity contribution in [2.45, 2.75) is 20.0 Å². The Hall–Kier alpha value is -2.77. The topological polar surface area (TPSA) is 88.9 Å². The maximum absolute atomic E-state index is 12.7. The van der Waals surface area contributed by atoms with Crippen molar-refractivity contribution in [3.8, 4) is 0 Å². The first kappa shape index (κ1) is 14.6. The zero-order chi connectivity index (χ0) is 15.2. The highest BCUT2D eigenvalue weighted by molar-refractivity contribution is 5.87. The van der Waals surface area contributed by atoms with Gasteiger partial charge in [0.2, 0.25) is 11.8 Å². The van der Waals surface area contributed by atoms with Gasteiger partial charge in [-0.15, -0.1) is 5.10 Å². The highest BCUT2D eigenvalue weighted by Crippen LogP contribution is 2.02. The van der Waals surface area contributed by atoms with E-state index in [0.717, 1.165) is 5.56 Å². The quantitative estimate of drug-likeness (QED) is 0.848. The Bertz CT molecular complexity index is 638. The van der Waals surface area contributed by atoms with Gasteiger partial charge in [-0.25, -0.2) is 9.07 Å². The molecule has 2 aromatic rings. The molecule has 0 aliphatic rings. The van der Waals surface area contributed by atoms with E-state index in [1.54, 1.807) is 12.1 Å². The van der Waals surface area contributed by atoms with Gasteiger partial charge >= 0.3 is 0 Å². The van der Waals surface area contributed by atoms with E-state index in [1.165, 1.54) is 29.9 Å². The van der Waals surface area contributed by atoms with Gasteiger partial charge in [-0.05, 0) is 17.7 Å². The van der Waals surface area contributed by atoms with Crippen molar-refractivity contribution in [1.82, 2.24) is 20.3 Å². The monoisotopic (exact) mass is 291 g/mol. The van der Waals surface area contributed by atoms with Gasteiger partial charge in [0.25, 0.3) is 0 Å². The number of carbonyl (C=O) groups excluding carboxylic acids is 2. The Morgan fingerprint density at radius 3 is 2.67 bits per heavy atom. The van der Waals surface area contributed by atoms with Crippen LogP contribution in [0.25, 0.3) is 0 Å². The number of nitrogens with one attached hydrogen (secondary N) is 2. The number of benzene rings is 1. The Balaban J connectivity index is 1.82. The second-order valence-corrected chi connectivity index (χ2v) is 4.39. The third-order valence-corrected chi connectivity index (χ3v) is 2.55. The van der Waals surface area contributed by atoms with E-state index in [4.69, 9.17) is 0 Å². The van der Waals surface area contributed by atoms with Crippen LogP contribution in [0.4, 0.5) is 10.2 Å². The van der Waals surface area contributed by atoms with Crippen LogP contribution in [0.15, 0.2) is 30.5 Å². The summed E-state index contributed by atoms with van der Waals surface area (Å²) in [6.45, 7) is 1.63. The molecule has 2 amide bonds. The van der Waals surface area contributed by atoms with E-state index in [9.17, 15) is 14.0 Å². The molecule has 0 atom stereocenters. The van der Waals surface area contributed by atoms with Crippen molar-refractivity contribution in [3.05, 3.63) is 41.8 Å². The lowest BCUT2D eigenvalue weighted by molar-refractivity contribution is -0.122. The highest BCUT2D eigenvalue weighted by atomic mass is 19.1. The van der Waals surface area contributed by atoms with Gasteiger partial charge in [0.1, 0.15) is 12.4 Å². The summed E-state index contributed by atoms with van der Waals surface area (Å²) in [6, 6.07) is 5.86. The van der Waals surface area contributed by atoms with Gasteiger partial charge in [0, 0.05) is 13.5 Å². The zero-order valence-electron chi connectivity index (χ0n) is 11.3. The number of rotatable bonds is 5. The van der Waals surface area contributed by atoms with Crippen LogP contribution in [0, 0.1) is 5.82 Å². The first-order valence-corrected chi connectivity index (χ1v) is 6.22. The minimum Gasteiger partial charge on any atom is -0.350 e. The first-order valence-electron chi connectivity index (χ1n) is 6.22. The first-order chi connectivity index (χ1) is 10.0. The minimum absolute atomic E-state index is 0.0201. The van der Waals surface area contributed by atoms with Gasteiger partial charge in [-0.1, -0.05) is 17.3 Å². The van der Waals surface area contributed by atoms with Gasteiger partial charge in [-0.2, -0.15) is 0 Å². The Morgan fingerprint density at radius 1 is 1.29 bits per heavy atom. The molecular formula is C13H14FN5O2. The van der Waals surface area contributed by atoms with E-state index >= 15 is 0 Å². The molecule has 110 valence electrons. The summed E-state index contributed by atoms with van der Waals surface area (Å²) in [5, 5.41) is 12.6. The molecule has 0 unspecified atom stereocenters. The van der Waals surface area contributed by atoms with Crippen LogP contribution in [-0.4, -0.2) is 26.8 Å². The van der Waals surface area contributed by atoms with Gasteiger partial charge in [0.15, 0.2) is 5.82 Å². The zero-order valence-corrected chi connectivity index (χ0v) is 11.3. The summed E-state index contributed by atoms with van der Waals surface area (Å²) in [4.78, 5) is 22.6. The molecule has 0 saturated heterocycles. The fourth-order valence-corrected chi connectivity index (χ4v) is 1.62. The molecule has 7 nitrogen and oxygen atoms in total. The van der Waals surface area contributed by atoms with Crippen LogP contribution in [0.3, 0.4) is 0 Å². The Morgan fingerprint density at radius 2 is 2.00 bits per heavy atom. The molecule has 0 radical (unpaired) electrons. The van der Waals surface area contributed by atoms with Crippen LogP contribution in [0.5, 0.6) is 0 Å². The molecular weight excluding hydrogens is 277 g/mol. The van der Waals surface area contributed by atoms with Crippen molar-refractivity contribution in [2.75, 3.05) is 5.32 Å². The summed E-state index contributed by atoms with van der Waals surface area (Å²) in [5.41, 5.74) is 0.794. The van der Waals surface area contributed by atoms with Crippen molar-refractivity contribution < 1.29 is 14.0 Å². The fraction of sp³-hybridized carbons (Fsp3) is 0.231. The number of amides is 2. The van der Waals surface area contributed by atoms with Crippen LogP contribution < -0.4 is 10.6 Å². The fourth-order valence-electron chi connectivity index (χ4n) is 1.62. The molecule has 8 heteroatoms. The number of halogens is 1. The summed E-state index contributed by atoms with van der Waals surface area (Å²) in [6.07, 6.45) is 1.46. The van der Waals surface area contributed by atoms with E-state index < -0.39 is 0 Å². The predicted octanol–water partition coefficient (Wildman–Crippen LogP) is 0.692. The number of carbonyl (C=O) groups is 2. The second kappa shape index (κ2) is 6.60. The number of nitrogens with zero attached hydrogens (tertiary/aromatic N) is 3. The molecule has 0 bridgehead atoms. The maximum atomic E-state index is 12.7. The molecule has 21 heavy (non-hydrogen) atoms. The van der Waals surface area contributed by atoms with Crippen molar-refractivity contribution >= 4 is 17.6 Å². The summed E-state index contributed by atoms with van der Waals surface area (Å²) < 4.78 is 14.0. The minimum atomic E-state index is -0.321. The lowest BCUT2D eigenvalue weighted by atomic mass is 10.2. The summed E-state index contributed by atoms with van der Waals surface area (Å²) >= 11 is 0. The van der Waals surface area contributed by atoms with Crippen LogP contribution in [0.2, 0.25) is 0 Å². The molecule has 0 saturated carbocycles. The molecule has 2 rings (SSSR count). The normalized spacial score (nSPS) is 10.2. The predicted molar refractivity (Wildman–Crippen MR) is 72.6 cm³/mol. The lowest BCUT2D eigenvalue weighted by Crippen LogP contribution is -2.27. The molecule has 2 N–H and O–H groups in total. The SMILES string of the molecule is CC(=O)Nc1cn(CC(=O)NCc2ccc(F)cc2)nn1. The second-order valence-electron chi connectivity index (χ2n) is 4.39. The third-order valence-electron chi connectivity index (χ3n) is 2.55. The van der Waals surface area contributed by atoms with Crippen LogP contribution in [0.1, 0.15) is 12.5 Å². The van der Waals surface area contributed by atoms with Crippen molar-refractivity contribution in [1.29, 1.82) is 0 Å². The average molecular weight is 291 g/mol. The molecule has 1 heterocycles. The van der Waals surface area contributed by atoms with Gasteiger partial charge in [-0.3, -0.25) is 9.59 Å². The van der Waals surface area contributed by atoms with Crippen LogP contribution in [-0.2, 0) is 22.7 Å². The van der Waals surface area contributed by atoms with Crippen molar-refractivity contribution in [3.63, 3.8) is 0 Å². The van der Waals surface area contributed by atoms with Crippen molar-refractivity contribution in [2.24, 2.45) is 0 Å². The van der Waals surface area contributed by atoms with E-state index in [0.29, 0.717) is 6.54 Å². The maximum Gasteiger partial charge on any atom is 0.242 e. The van der Waals surface area contributed by atoms with Gasteiger partial charge in [0.05, 0.1) is 6.20 Å². The summed E-state index contributed by atoms with van der Waals surface area (Å²) in [5.74, 6) is -0.562. The lowest BCUT2D eigenvalue weighted by Gasteiger charge is -2.05. The molecule has 0 fully saturated rings. The highest BCUT2D eigenvalue weighted by Gasteiger charge is 2.06. The average Bonchev–Trinajstić information content (AvgIpc) is 2.84. The number of aromatic nitrogens is 3. The van der Waals surface area contributed by atoms with E-state index in [2.05, 4.69) is 20.9 Å². The van der Waals surface area contributed by atoms with Crippen LogP contribution >= 0.6 is 0 Å². The molecule has 0 aliphatic heterocycles. The Kier molecular flexibility index (Phi) is 4.60.